The third-order valence-corrected chi connectivity index (χ3v) is 8.64. The summed E-state index contributed by atoms with van der Waals surface area (Å²) in [5.74, 6) is -2.28. The molecule has 0 saturated carbocycles. The average Bonchev–Trinajstić information content (AvgIpc) is 3.56. The van der Waals surface area contributed by atoms with E-state index in [4.69, 9.17) is 9.52 Å². The first-order chi connectivity index (χ1) is 20.8. The van der Waals surface area contributed by atoms with Crippen LogP contribution in [0.3, 0.4) is 0 Å². The van der Waals surface area contributed by atoms with Gasteiger partial charge in [0, 0.05) is 18.9 Å². The summed E-state index contributed by atoms with van der Waals surface area (Å²) in [7, 11) is 0. The second kappa shape index (κ2) is 15.3. The number of amides is 2. The van der Waals surface area contributed by atoms with Crippen molar-refractivity contribution in [2.45, 2.75) is 77.4 Å². The Morgan fingerprint density at radius 1 is 1.05 bits per heavy atom. The zero-order valence-electron chi connectivity index (χ0n) is 24.8. The van der Waals surface area contributed by atoms with Crippen molar-refractivity contribution in [3.63, 3.8) is 0 Å². The van der Waals surface area contributed by atoms with Gasteiger partial charge in [0.15, 0.2) is 0 Å². The van der Waals surface area contributed by atoms with E-state index >= 15 is 0 Å². The Hall–Kier alpha value is -3.53. The topological polar surface area (TPSA) is 149 Å². The number of nitrogens with zero attached hydrogens (tertiary/aromatic N) is 1. The molecule has 2 amide bonds. The summed E-state index contributed by atoms with van der Waals surface area (Å²) in [5.41, 5.74) is 3.54. The van der Waals surface area contributed by atoms with Gasteiger partial charge in [-0.05, 0) is 73.4 Å². The molecule has 1 fully saturated rings. The molecule has 1 aliphatic heterocycles. The highest BCUT2D eigenvalue weighted by molar-refractivity contribution is 6.05. The maximum atomic E-state index is 13.6. The number of carboxylic acid groups (broad SMARTS) is 1. The Morgan fingerprint density at radius 2 is 1.81 bits per heavy atom. The Bertz CT molecular complexity index is 1330. The molecule has 1 aromatic heterocycles. The monoisotopic (exact) mass is 593 g/mol. The second-order valence-corrected chi connectivity index (χ2v) is 11.5. The molecular weight excluding hydrogens is 550 g/mol. The minimum Gasteiger partial charge on any atom is -0.481 e. The van der Waals surface area contributed by atoms with Crippen molar-refractivity contribution in [1.29, 1.82) is 0 Å². The molecule has 0 bridgehead atoms. The first kappa shape index (κ1) is 32.4. The minimum atomic E-state index is -0.913. The number of rotatable bonds is 16. The van der Waals surface area contributed by atoms with Crippen LogP contribution in [0.5, 0.6) is 0 Å². The molecule has 9 heteroatoms. The van der Waals surface area contributed by atoms with E-state index in [1.165, 1.54) is 4.90 Å². The molecule has 2 heterocycles. The third kappa shape index (κ3) is 7.71. The third-order valence-electron chi connectivity index (χ3n) is 8.64. The zero-order chi connectivity index (χ0) is 30.9. The van der Waals surface area contributed by atoms with Crippen LogP contribution in [0.25, 0.3) is 11.6 Å². The molecule has 0 spiro atoms. The Balaban J connectivity index is 1.54. The fraction of sp³-hybridized carbons (Fsp3) is 0.500. The molecule has 1 saturated heterocycles. The van der Waals surface area contributed by atoms with Crippen LogP contribution in [0.15, 0.2) is 58.0 Å². The molecule has 4 N–H and O–H groups in total. The van der Waals surface area contributed by atoms with Crippen molar-refractivity contribution < 1.29 is 39.2 Å². The second-order valence-electron chi connectivity index (χ2n) is 11.5. The number of aliphatic hydroxyl groups is 3. The van der Waals surface area contributed by atoms with Gasteiger partial charge < -0.3 is 24.8 Å². The van der Waals surface area contributed by atoms with Gasteiger partial charge in [-0.2, -0.15) is 0 Å². The van der Waals surface area contributed by atoms with Gasteiger partial charge in [-0.3, -0.25) is 19.3 Å². The Kier molecular flexibility index (Phi) is 11.5. The maximum Gasteiger partial charge on any atom is 0.303 e. The lowest BCUT2D eigenvalue weighted by Gasteiger charge is -2.36. The summed E-state index contributed by atoms with van der Waals surface area (Å²) in [4.78, 5) is 39.0. The van der Waals surface area contributed by atoms with Gasteiger partial charge in [0.2, 0.25) is 11.8 Å². The average molecular weight is 594 g/mol. The van der Waals surface area contributed by atoms with Gasteiger partial charge in [0.05, 0.1) is 24.5 Å². The number of allylic oxidation sites excluding steroid dienone is 2. The SMILES string of the molecule is CCCC1=C([C@H](O)CC/C(=C/c2ccc(CO)o2)c2ccccc2)[C@H](CO)[C@@H]2C(=O)N(CCCCCC(=O)O)C(=O)[C@@H]2C1. The number of likely N-dealkylation sites (tertiary alicyclic amines) is 1. The van der Waals surface area contributed by atoms with Crippen LogP contribution in [0, 0.1) is 17.8 Å². The molecule has 43 heavy (non-hydrogen) atoms. The summed E-state index contributed by atoms with van der Waals surface area (Å²) in [6.45, 7) is 1.72. The van der Waals surface area contributed by atoms with Gasteiger partial charge in [-0.25, -0.2) is 0 Å². The van der Waals surface area contributed by atoms with E-state index < -0.39 is 29.8 Å². The number of carbonyl (C=O) groups is 3. The van der Waals surface area contributed by atoms with E-state index in [1.807, 2.05) is 43.3 Å². The fourth-order valence-corrected chi connectivity index (χ4v) is 6.63. The number of furan rings is 1. The summed E-state index contributed by atoms with van der Waals surface area (Å²) in [5, 5.41) is 40.5. The summed E-state index contributed by atoms with van der Waals surface area (Å²) >= 11 is 0. The number of carboxylic acids is 1. The van der Waals surface area contributed by atoms with Crippen LogP contribution >= 0.6 is 0 Å². The molecule has 232 valence electrons. The molecule has 1 aliphatic carbocycles. The zero-order valence-corrected chi connectivity index (χ0v) is 24.8. The smallest absolute Gasteiger partial charge is 0.303 e. The van der Waals surface area contributed by atoms with E-state index in [0.717, 1.165) is 23.1 Å². The van der Waals surface area contributed by atoms with Crippen LogP contribution in [-0.2, 0) is 21.0 Å². The number of benzene rings is 1. The number of unbranched alkanes of at least 4 members (excludes halogenated alkanes) is 2. The summed E-state index contributed by atoms with van der Waals surface area (Å²) in [6.07, 6.45) is 5.35. The number of aliphatic carboxylic acids is 1. The predicted molar refractivity (Wildman–Crippen MR) is 161 cm³/mol. The number of aliphatic hydroxyl groups excluding tert-OH is 3. The molecule has 9 nitrogen and oxygen atoms in total. The van der Waals surface area contributed by atoms with Crippen LogP contribution in [0.4, 0.5) is 0 Å². The summed E-state index contributed by atoms with van der Waals surface area (Å²) < 4.78 is 5.69. The van der Waals surface area contributed by atoms with E-state index in [2.05, 4.69) is 0 Å². The van der Waals surface area contributed by atoms with Crippen LogP contribution in [0.1, 0.15) is 81.8 Å². The normalized spacial score (nSPS) is 21.4. The lowest BCUT2D eigenvalue weighted by molar-refractivity contribution is -0.141. The number of fused-ring (bicyclic) bond motifs is 1. The molecule has 4 atom stereocenters. The van der Waals surface area contributed by atoms with Crippen LogP contribution in [0.2, 0.25) is 0 Å². The highest BCUT2D eigenvalue weighted by Gasteiger charge is 2.54. The van der Waals surface area contributed by atoms with Crippen molar-refractivity contribution in [3.05, 3.63) is 70.7 Å². The quantitative estimate of drug-likeness (QED) is 0.123. The van der Waals surface area contributed by atoms with Gasteiger partial charge in [0.25, 0.3) is 0 Å². The van der Waals surface area contributed by atoms with Crippen molar-refractivity contribution in [1.82, 2.24) is 4.90 Å². The molecular formula is C34H43NO8. The highest BCUT2D eigenvalue weighted by Crippen LogP contribution is 2.47. The van der Waals surface area contributed by atoms with Gasteiger partial charge in [-0.1, -0.05) is 55.7 Å². The van der Waals surface area contributed by atoms with Gasteiger partial charge in [0.1, 0.15) is 18.1 Å². The van der Waals surface area contributed by atoms with Crippen molar-refractivity contribution in [2.75, 3.05) is 13.2 Å². The first-order valence-corrected chi connectivity index (χ1v) is 15.3. The largest absolute Gasteiger partial charge is 0.481 e. The molecule has 2 aliphatic rings. The molecule has 2 aromatic rings. The maximum absolute atomic E-state index is 13.6. The standard InChI is InChI=1S/C34H43NO8/c1-2-9-24-19-27-32(34(42)35(33(27)41)17-8-4-7-12-30(39)40)28(21-37)31(24)29(38)16-13-23(22-10-5-3-6-11-22)18-25-14-15-26(20-36)43-25/h3,5-6,10-11,14-15,18,27-29,32,36-38H,2,4,7-9,12-13,16-17,19-21H2,1H3,(H,39,40)/b23-18-/t27-,28+,29-,32-/m1/s1. The highest BCUT2D eigenvalue weighted by atomic mass is 16.4. The number of carbonyl (C=O) groups excluding carboxylic acids is 2. The van der Waals surface area contributed by atoms with Crippen molar-refractivity contribution >= 4 is 29.4 Å². The minimum absolute atomic E-state index is 0.0532. The fourth-order valence-electron chi connectivity index (χ4n) is 6.63. The summed E-state index contributed by atoms with van der Waals surface area (Å²) in [6, 6.07) is 13.3. The Morgan fingerprint density at radius 3 is 2.47 bits per heavy atom. The van der Waals surface area contributed by atoms with Crippen molar-refractivity contribution in [3.8, 4) is 0 Å². The molecule has 0 unspecified atom stereocenters. The van der Waals surface area contributed by atoms with Crippen LogP contribution in [-0.4, -0.2) is 62.4 Å². The van der Waals surface area contributed by atoms with E-state index in [0.29, 0.717) is 62.0 Å². The number of hydrogen-bond acceptors (Lipinski definition) is 7. The van der Waals surface area contributed by atoms with E-state index in [9.17, 15) is 29.7 Å². The van der Waals surface area contributed by atoms with E-state index in [-0.39, 0.29) is 38.0 Å². The molecule has 4 rings (SSSR count). The predicted octanol–water partition coefficient (Wildman–Crippen LogP) is 4.81. The van der Waals surface area contributed by atoms with Crippen LogP contribution < -0.4 is 0 Å². The first-order valence-electron chi connectivity index (χ1n) is 15.3. The molecule has 0 radical (unpaired) electrons. The van der Waals surface area contributed by atoms with Gasteiger partial charge >= 0.3 is 5.97 Å². The van der Waals surface area contributed by atoms with Crippen molar-refractivity contribution in [2.24, 2.45) is 17.8 Å². The van der Waals surface area contributed by atoms with Gasteiger partial charge in [-0.15, -0.1) is 0 Å². The lowest BCUT2D eigenvalue weighted by Crippen LogP contribution is -2.39. The lowest BCUT2D eigenvalue weighted by atomic mass is 9.67. The Labute approximate surface area is 252 Å². The number of hydrogen-bond donors (Lipinski definition) is 4. The van der Waals surface area contributed by atoms with E-state index in [1.54, 1.807) is 12.1 Å². The molecule has 1 aromatic carbocycles. The number of imide groups is 1.